The first-order valence-corrected chi connectivity index (χ1v) is 10.3. The van der Waals surface area contributed by atoms with E-state index in [1.165, 1.54) is 0 Å². The fourth-order valence-electron chi connectivity index (χ4n) is 3.19. The van der Waals surface area contributed by atoms with Crippen LogP contribution in [0.3, 0.4) is 0 Å². The fraction of sp³-hybridized carbons (Fsp3) is 0.269. The van der Waals surface area contributed by atoms with Gasteiger partial charge in [0.05, 0.1) is 6.04 Å². The topological polar surface area (TPSA) is 47.6 Å². The second-order valence-electron chi connectivity index (χ2n) is 7.62. The van der Waals surface area contributed by atoms with Crippen molar-refractivity contribution in [2.45, 2.75) is 46.1 Å². The van der Waals surface area contributed by atoms with Crippen molar-refractivity contribution in [3.05, 3.63) is 95.6 Å². The van der Waals surface area contributed by atoms with Crippen molar-refractivity contribution in [1.29, 1.82) is 0 Å². The number of hydrogen-bond donors (Lipinski definition) is 1. The van der Waals surface area contributed by atoms with Crippen molar-refractivity contribution in [1.82, 2.24) is 5.32 Å². The van der Waals surface area contributed by atoms with Crippen molar-refractivity contribution in [3.63, 3.8) is 0 Å². The molecule has 3 aromatic rings. The van der Waals surface area contributed by atoms with Crippen LogP contribution in [0.1, 0.15) is 42.3 Å². The van der Waals surface area contributed by atoms with Crippen molar-refractivity contribution < 1.29 is 14.3 Å². The van der Waals surface area contributed by atoms with Crippen LogP contribution in [0.4, 0.5) is 0 Å². The molecule has 3 rings (SSSR count). The van der Waals surface area contributed by atoms with Gasteiger partial charge in [-0.2, -0.15) is 0 Å². The first-order valence-electron chi connectivity index (χ1n) is 10.3. The highest BCUT2D eigenvalue weighted by Gasteiger charge is 2.18. The normalized spacial score (nSPS) is 11.9. The van der Waals surface area contributed by atoms with Gasteiger partial charge in [-0.1, -0.05) is 74.5 Å². The summed E-state index contributed by atoms with van der Waals surface area (Å²) >= 11 is 0. The SMILES string of the molecule is CC(C)NC(C)C(=O)c1ccc(OCc2ccccc2)c(OCc2ccccc2)c1. The molecule has 0 aliphatic carbocycles. The van der Waals surface area contributed by atoms with E-state index in [9.17, 15) is 4.79 Å². The molecule has 0 heterocycles. The summed E-state index contributed by atoms with van der Waals surface area (Å²) < 4.78 is 12.1. The molecule has 0 fully saturated rings. The minimum Gasteiger partial charge on any atom is -0.485 e. The van der Waals surface area contributed by atoms with E-state index < -0.39 is 0 Å². The maximum atomic E-state index is 12.8. The van der Waals surface area contributed by atoms with Gasteiger partial charge in [-0.15, -0.1) is 0 Å². The summed E-state index contributed by atoms with van der Waals surface area (Å²) in [4.78, 5) is 12.8. The zero-order chi connectivity index (χ0) is 21.3. The Morgan fingerprint density at radius 1 is 0.767 bits per heavy atom. The number of carbonyl (C=O) groups is 1. The number of ether oxygens (including phenoxy) is 2. The molecule has 0 spiro atoms. The number of Topliss-reactive ketones (excluding diaryl/α,β-unsaturated/α-hetero) is 1. The molecule has 1 unspecified atom stereocenters. The fourth-order valence-corrected chi connectivity index (χ4v) is 3.19. The number of hydrogen-bond acceptors (Lipinski definition) is 4. The van der Waals surface area contributed by atoms with Gasteiger partial charge < -0.3 is 14.8 Å². The van der Waals surface area contributed by atoms with Gasteiger partial charge in [-0.25, -0.2) is 0 Å². The zero-order valence-corrected chi connectivity index (χ0v) is 17.8. The Hall–Kier alpha value is -3.11. The van der Waals surface area contributed by atoms with Crippen LogP contribution in [0.15, 0.2) is 78.9 Å². The lowest BCUT2D eigenvalue weighted by Gasteiger charge is -2.18. The van der Waals surface area contributed by atoms with Gasteiger partial charge in [0.15, 0.2) is 17.3 Å². The summed E-state index contributed by atoms with van der Waals surface area (Å²) in [6.07, 6.45) is 0. The van der Waals surface area contributed by atoms with Gasteiger partial charge >= 0.3 is 0 Å². The Balaban J connectivity index is 1.80. The van der Waals surface area contributed by atoms with Crippen LogP contribution in [0.5, 0.6) is 11.5 Å². The summed E-state index contributed by atoms with van der Waals surface area (Å²) in [6, 6.07) is 25.3. The average molecular weight is 404 g/mol. The quantitative estimate of drug-likeness (QED) is 0.460. The summed E-state index contributed by atoms with van der Waals surface area (Å²) in [7, 11) is 0. The molecule has 0 aromatic heterocycles. The minimum atomic E-state index is -0.275. The summed E-state index contributed by atoms with van der Waals surface area (Å²) in [6.45, 7) is 6.77. The molecule has 0 aliphatic rings. The molecule has 0 saturated carbocycles. The van der Waals surface area contributed by atoms with E-state index >= 15 is 0 Å². The molecular formula is C26H29NO3. The van der Waals surface area contributed by atoms with E-state index in [4.69, 9.17) is 9.47 Å². The number of carbonyl (C=O) groups excluding carboxylic acids is 1. The first-order chi connectivity index (χ1) is 14.5. The van der Waals surface area contributed by atoms with Crippen LogP contribution in [0.25, 0.3) is 0 Å². The van der Waals surface area contributed by atoms with Crippen LogP contribution in [0, 0.1) is 0 Å². The molecule has 1 N–H and O–H groups in total. The average Bonchev–Trinajstić information content (AvgIpc) is 2.77. The largest absolute Gasteiger partial charge is 0.485 e. The zero-order valence-electron chi connectivity index (χ0n) is 17.8. The predicted octanol–water partition coefficient (Wildman–Crippen LogP) is 5.41. The maximum absolute atomic E-state index is 12.8. The molecular weight excluding hydrogens is 374 g/mol. The van der Waals surface area contributed by atoms with E-state index in [-0.39, 0.29) is 17.9 Å². The lowest BCUT2D eigenvalue weighted by atomic mass is 10.0. The molecule has 0 amide bonds. The number of benzene rings is 3. The van der Waals surface area contributed by atoms with E-state index in [0.29, 0.717) is 30.3 Å². The van der Waals surface area contributed by atoms with Crippen molar-refractivity contribution in [2.24, 2.45) is 0 Å². The summed E-state index contributed by atoms with van der Waals surface area (Å²) in [5, 5.41) is 3.26. The van der Waals surface area contributed by atoms with Gasteiger partial charge in [0, 0.05) is 11.6 Å². The van der Waals surface area contributed by atoms with Gasteiger partial charge in [0.25, 0.3) is 0 Å². The minimum absolute atomic E-state index is 0.0304. The Kier molecular flexibility index (Phi) is 7.63. The van der Waals surface area contributed by atoms with E-state index in [1.807, 2.05) is 87.5 Å². The van der Waals surface area contributed by atoms with Crippen LogP contribution in [0.2, 0.25) is 0 Å². The third-order valence-electron chi connectivity index (χ3n) is 4.68. The lowest BCUT2D eigenvalue weighted by Crippen LogP contribution is -2.38. The van der Waals surface area contributed by atoms with Gasteiger partial charge in [-0.3, -0.25) is 4.79 Å². The predicted molar refractivity (Wildman–Crippen MR) is 120 cm³/mol. The van der Waals surface area contributed by atoms with E-state index in [1.54, 1.807) is 12.1 Å². The van der Waals surface area contributed by atoms with Crippen LogP contribution in [-0.2, 0) is 13.2 Å². The molecule has 0 bridgehead atoms. The molecule has 156 valence electrons. The van der Waals surface area contributed by atoms with E-state index in [2.05, 4.69) is 5.32 Å². The van der Waals surface area contributed by atoms with E-state index in [0.717, 1.165) is 11.1 Å². The Bertz CT molecular complexity index is 939. The Morgan fingerprint density at radius 3 is 1.83 bits per heavy atom. The summed E-state index contributed by atoms with van der Waals surface area (Å²) in [5.74, 6) is 1.22. The first kappa shape index (κ1) is 21.6. The smallest absolute Gasteiger partial charge is 0.179 e. The molecule has 30 heavy (non-hydrogen) atoms. The standard InChI is InChI=1S/C26H29NO3/c1-19(2)27-20(3)26(28)23-14-15-24(29-17-21-10-6-4-7-11-21)25(16-23)30-18-22-12-8-5-9-13-22/h4-16,19-20,27H,17-18H2,1-3H3. The third-order valence-corrected chi connectivity index (χ3v) is 4.68. The lowest BCUT2D eigenvalue weighted by molar-refractivity contribution is 0.0946. The molecule has 0 saturated heterocycles. The van der Waals surface area contributed by atoms with Crippen LogP contribution in [-0.4, -0.2) is 17.9 Å². The molecule has 4 nitrogen and oxygen atoms in total. The van der Waals surface area contributed by atoms with Crippen molar-refractivity contribution in [3.8, 4) is 11.5 Å². The van der Waals surface area contributed by atoms with Crippen molar-refractivity contribution >= 4 is 5.78 Å². The molecule has 4 heteroatoms. The Morgan fingerprint density at radius 2 is 1.30 bits per heavy atom. The summed E-state index contributed by atoms with van der Waals surface area (Å²) in [5.41, 5.74) is 2.73. The second kappa shape index (κ2) is 10.6. The monoisotopic (exact) mass is 403 g/mol. The molecule has 1 atom stereocenters. The van der Waals surface area contributed by atoms with Crippen LogP contribution < -0.4 is 14.8 Å². The molecule has 0 radical (unpaired) electrons. The maximum Gasteiger partial charge on any atom is 0.179 e. The highest BCUT2D eigenvalue weighted by atomic mass is 16.5. The molecule has 0 aliphatic heterocycles. The highest BCUT2D eigenvalue weighted by Crippen LogP contribution is 2.30. The Labute approximate surface area is 178 Å². The van der Waals surface area contributed by atoms with Gasteiger partial charge in [0.1, 0.15) is 13.2 Å². The number of nitrogens with one attached hydrogen (secondary N) is 1. The highest BCUT2D eigenvalue weighted by molar-refractivity contribution is 6.00. The number of ketones is 1. The van der Waals surface area contributed by atoms with Gasteiger partial charge in [-0.05, 0) is 36.2 Å². The van der Waals surface area contributed by atoms with Crippen LogP contribution >= 0.6 is 0 Å². The third kappa shape index (κ3) is 6.19. The molecule has 3 aromatic carbocycles. The van der Waals surface area contributed by atoms with Gasteiger partial charge in [0.2, 0.25) is 0 Å². The van der Waals surface area contributed by atoms with Crippen molar-refractivity contribution in [2.75, 3.05) is 0 Å². The second-order valence-corrected chi connectivity index (χ2v) is 7.62. The number of rotatable bonds is 10.